The fraction of sp³-hybridized carbons (Fsp3) is 0.263. The van der Waals surface area contributed by atoms with Crippen molar-refractivity contribution in [3.8, 4) is 0 Å². The van der Waals surface area contributed by atoms with Crippen molar-refractivity contribution in [3.05, 3.63) is 69.9 Å². The normalized spacial score (nSPS) is 20.6. The molecular formula is C19H19FO2. The summed E-state index contributed by atoms with van der Waals surface area (Å²) in [6.07, 6.45) is 12.7. The van der Waals surface area contributed by atoms with Crippen molar-refractivity contribution >= 4 is 12.2 Å². The van der Waals surface area contributed by atoms with Gasteiger partial charge in [0.2, 0.25) is 0 Å². The highest BCUT2D eigenvalue weighted by Crippen LogP contribution is 2.28. The predicted molar refractivity (Wildman–Crippen MR) is 85.7 cm³/mol. The van der Waals surface area contributed by atoms with E-state index in [-0.39, 0.29) is 18.3 Å². The van der Waals surface area contributed by atoms with Gasteiger partial charge in [-0.25, -0.2) is 4.39 Å². The van der Waals surface area contributed by atoms with Gasteiger partial charge < -0.3 is 10.2 Å². The van der Waals surface area contributed by atoms with Gasteiger partial charge in [-0.3, -0.25) is 0 Å². The number of hydrogen-bond acceptors (Lipinski definition) is 2. The highest BCUT2D eigenvalue weighted by Gasteiger charge is 2.16. The van der Waals surface area contributed by atoms with Crippen LogP contribution in [0.4, 0.5) is 4.39 Å². The van der Waals surface area contributed by atoms with Crippen LogP contribution in [0.5, 0.6) is 0 Å². The molecule has 0 amide bonds. The maximum Gasteiger partial charge on any atom is 0.123 e. The zero-order valence-corrected chi connectivity index (χ0v) is 12.2. The Labute approximate surface area is 128 Å². The van der Waals surface area contributed by atoms with Gasteiger partial charge in [-0.1, -0.05) is 42.5 Å². The third-order valence-corrected chi connectivity index (χ3v) is 4.13. The van der Waals surface area contributed by atoms with E-state index >= 15 is 0 Å². The number of hydrogen-bond donors (Lipinski definition) is 2. The number of aliphatic hydroxyl groups is 2. The molecule has 2 aliphatic carbocycles. The molecule has 0 spiro atoms. The third kappa shape index (κ3) is 3.11. The molecule has 22 heavy (non-hydrogen) atoms. The van der Waals surface area contributed by atoms with E-state index in [2.05, 4.69) is 18.2 Å². The Bertz CT molecular complexity index is 771. The molecule has 0 aliphatic heterocycles. The molecule has 2 aliphatic rings. The first-order valence-electron chi connectivity index (χ1n) is 7.53. The molecule has 2 N–H and O–H groups in total. The molecule has 114 valence electrons. The van der Waals surface area contributed by atoms with E-state index < -0.39 is 6.10 Å². The molecule has 0 radical (unpaired) electrons. The van der Waals surface area contributed by atoms with Gasteiger partial charge in [-0.15, -0.1) is 0 Å². The lowest BCUT2D eigenvalue weighted by atomic mass is 9.88. The van der Waals surface area contributed by atoms with Crippen LogP contribution in [0, 0.1) is 11.7 Å². The van der Waals surface area contributed by atoms with Crippen molar-refractivity contribution in [2.24, 2.45) is 5.92 Å². The summed E-state index contributed by atoms with van der Waals surface area (Å²) in [7, 11) is 0. The summed E-state index contributed by atoms with van der Waals surface area (Å²) in [5.74, 6) is -0.0895. The number of allylic oxidation sites excluding steroid dienone is 6. The number of halogens is 1. The van der Waals surface area contributed by atoms with E-state index in [0.29, 0.717) is 12.8 Å². The molecule has 0 saturated carbocycles. The third-order valence-electron chi connectivity index (χ3n) is 4.13. The predicted octanol–water partition coefficient (Wildman–Crippen LogP) is 1.57. The van der Waals surface area contributed by atoms with Crippen molar-refractivity contribution < 1.29 is 14.6 Å². The lowest BCUT2D eigenvalue weighted by Crippen LogP contribution is -2.25. The molecule has 3 heteroatoms. The van der Waals surface area contributed by atoms with Crippen LogP contribution in [0.25, 0.3) is 12.2 Å². The minimum atomic E-state index is -0.720. The first kappa shape index (κ1) is 14.9. The highest BCUT2D eigenvalue weighted by atomic mass is 19.1. The first-order valence-corrected chi connectivity index (χ1v) is 7.53. The van der Waals surface area contributed by atoms with Gasteiger partial charge in [0, 0.05) is 5.92 Å². The summed E-state index contributed by atoms with van der Waals surface area (Å²) in [6.45, 7) is -0.237. The van der Waals surface area contributed by atoms with Crippen LogP contribution in [0.3, 0.4) is 0 Å². The van der Waals surface area contributed by atoms with Gasteiger partial charge in [-0.2, -0.15) is 0 Å². The summed E-state index contributed by atoms with van der Waals surface area (Å²) in [5, 5.41) is 20.5. The molecule has 0 heterocycles. The van der Waals surface area contributed by atoms with Crippen LogP contribution >= 0.6 is 0 Å². The van der Waals surface area contributed by atoms with Gasteiger partial charge in [-0.05, 0) is 46.6 Å². The fourth-order valence-electron chi connectivity index (χ4n) is 2.94. The summed E-state index contributed by atoms with van der Waals surface area (Å²) in [4.78, 5) is 0. The van der Waals surface area contributed by atoms with Crippen molar-refractivity contribution in [1.29, 1.82) is 0 Å². The van der Waals surface area contributed by atoms with E-state index in [1.54, 1.807) is 12.1 Å². The minimum absolute atomic E-state index is 0.161. The van der Waals surface area contributed by atoms with Crippen LogP contribution in [0.1, 0.15) is 12.8 Å². The molecule has 0 saturated heterocycles. The van der Waals surface area contributed by atoms with Gasteiger partial charge in [0.05, 0.1) is 12.7 Å². The summed E-state index contributed by atoms with van der Waals surface area (Å²) in [6, 6.07) is 4.82. The van der Waals surface area contributed by atoms with E-state index in [1.807, 2.05) is 18.2 Å². The Hall–Kier alpha value is -1.97. The van der Waals surface area contributed by atoms with Crippen LogP contribution in [0.2, 0.25) is 0 Å². The largest absolute Gasteiger partial charge is 0.394 e. The topological polar surface area (TPSA) is 40.5 Å². The van der Waals surface area contributed by atoms with Gasteiger partial charge in [0.1, 0.15) is 5.82 Å². The Kier molecular flexibility index (Phi) is 4.36. The second-order valence-corrected chi connectivity index (χ2v) is 5.71. The Balaban J connectivity index is 2.08. The van der Waals surface area contributed by atoms with Crippen LogP contribution in [0.15, 0.2) is 53.6 Å². The van der Waals surface area contributed by atoms with Crippen molar-refractivity contribution in [2.75, 3.05) is 6.61 Å². The van der Waals surface area contributed by atoms with Crippen LogP contribution in [-0.2, 0) is 0 Å². The Morgan fingerprint density at radius 1 is 1.18 bits per heavy atom. The Morgan fingerprint density at radius 3 is 2.86 bits per heavy atom. The van der Waals surface area contributed by atoms with Crippen molar-refractivity contribution in [3.63, 3.8) is 0 Å². The number of rotatable bonds is 4. The smallest absolute Gasteiger partial charge is 0.123 e. The van der Waals surface area contributed by atoms with Crippen molar-refractivity contribution in [2.45, 2.75) is 18.9 Å². The van der Waals surface area contributed by atoms with Gasteiger partial charge in [0.15, 0.2) is 0 Å². The van der Waals surface area contributed by atoms with Gasteiger partial charge >= 0.3 is 0 Å². The lowest BCUT2D eigenvalue weighted by molar-refractivity contribution is 0.0888. The molecule has 3 rings (SSSR count). The number of aliphatic hydroxyl groups excluding tert-OH is 2. The minimum Gasteiger partial charge on any atom is -0.394 e. The maximum absolute atomic E-state index is 13.5. The van der Waals surface area contributed by atoms with E-state index in [0.717, 1.165) is 16.0 Å². The Morgan fingerprint density at radius 2 is 2.05 bits per heavy atom. The first-order chi connectivity index (χ1) is 10.7. The molecule has 1 aromatic carbocycles. The molecule has 0 bridgehead atoms. The number of benzene rings is 1. The number of fused-ring (bicyclic) bond motifs is 2. The van der Waals surface area contributed by atoms with Crippen LogP contribution in [-0.4, -0.2) is 22.9 Å². The molecule has 2 atom stereocenters. The summed E-state index contributed by atoms with van der Waals surface area (Å²) < 4.78 is 13.5. The zero-order chi connectivity index (χ0) is 15.5. The van der Waals surface area contributed by atoms with E-state index in [4.69, 9.17) is 5.11 Å². The molecule has 0 fully saturated rings. The summed E-state index contributed by atoms with van der Waals surface area (Å²) >= 11 is 0. The molecule has 1 unspecified atom stereocenters. The fourth-order valence-corrected chi connectivity index (χ4v) is 2.94. The zero-order valence-electron chi connectivity index (χ0n) is 12.2. The molecule has 1 aromatic rings. The van der Waals surface area contributed by atoms with E-state index in [1.165, 1.54) is 11.6 Å². The molecule has 2 nitrogen and oxygen atoms in total. The lowest BCUT2D eigenvalue weighted by Gasteiger charge is -2.17. The van der Waals surface area contributed by atoms with E-state index in [9.17, 15) is 9.50 Å². The monoisotopic (exact) mass is 298 g/mol. The highest BCUT2D eigenvalue weighted by molar-refractivity contribution is 5.61. The van der Waals surface area contributed by atoms with Crippen LogP contribution < -0.4 is 10.4 Å². The van der Waals surface area contributed by atoms with Crippen molar-refractivity contribution in [1.82, 2.24) is 0 Å². The SMILES string of the molecule is OC[C@H](O)CCC1=C2C=CC=CC2C=c2ccc(F)cc2=C1. The summed E-state index contributed by atoms with van der Waals surface area (Å²) in [5.41, 5.74) is 2.25. The average Bonchev–Trinajstić information content (AvgIpc) is 2.68. The second-order valence-electron chi connectivity index (χ2n) is 5.71. The van der Waals surface area contributed by atoms with Gasteiger partial charge in [0.25, 0.3) is 0 Å². The quantitative estimate of drug-likeness (QED) is 0.886. The second kappa shape index (κ2) is 6.42. The molecule has 0 aromatic heterocycles. The average molecular weight is 298 g/mol. The standard InChI is InChI=1S/C19H19FO2/c20-17-7-5-13-9-14-3-1-2-4-19(14)15(10-16(13)11-17)6-8-18(22)12-21/h1-5,7,9-11,14,18,21-22H,6,8,12H2/t14?,18-/m1/s1. The molecular weight excluding hydrogens is 279 g/mol. The maximum atomic E-state index is 13.5.